The zero-order chi connectivity index (χ0) is 18.9. The zero-order valence-corrected chi connectivity index (χ0v) is 15.0. The van der Waals surface area contributed by atoms with Crippen LogP contribution in [0.5, 0.6) is 0 Å². The number of hydrogen-bond donors (Lipinski definition) is 2. The zero-order valence-electron chi connectivity index (χ0n) is 15.0. The number of amides is 4. The average molecular weight is 357 g/mol. The van der Waals surface area contributed by atoms with Crippen LogP contribution in [0.1, 0.15) is 49.9 Å². The van der Waals surface area contributed by atoms with Crippen molar-refractivity contribution in [1.82, 2.24) is 10.2 Å². The number of benzene rings is 1. The lowest BCUT2D eigenvalue weighted by molar-refractivity contribution is -0.135. The van der Waals surface area contributed by atoms with Crippen LogP contribution < -0.4 is 10.6 Å². The van der Waals surface area contributed by atoms with Crippen molar-refractivity contribution in [1.29, 1.82) is 0 Å². The van der Waals surface area contributed by atoms with Crippen molar-refractivity contribution < 1.29 is 19.2 Å². The molecule has 3 rings (SSSR count). The molecule has 7 nitrogen and oxygen atoms in total. The molecule has 1 saturated carbocycles. The third-order valence-electron chi connectivity index (χ3n) is 5.23. The maximum atomic E-state index is 12.7. The lowest BCUT2D eigenvalue weighted by atomic mass is 9.77. The van der Waals surface area contributed by atoms with E-state index in [9.17, 15) is 19.2 Å². The standard InChI is InChI=1S/C19H23N3O4/c1-12-6-8-19(9-7-12)17(25)22(18(26)21-19)11-16(24)20-15-5-3-4-14(10-15)13(2)23/h3-5,10,12H,6-9,11H2,1-2H3,(H,20,24)(H,21,26). The van der Waals surface area contributed by atoms with Crippen molar-refractivity contribution >= 4 is 29.3 Å². The van der Waals surface area contributed by atoms with E-state index in [0.717, 1.165) is 17.7 Å². The number of rotatable bonds is 4. The molecule has 138 valence electrons. The molecule has 2 aliphatic rings. The van der Waals surface area contributed by atoms with Crippen LogP contribution in [0, 0.1) is 5.92 Å². The van der Waals surface area contributed by atoms with Gasteiger partial charge in [-0.05, 0) is 50.7 Å². The highest BCUT2D eigenvalue weighted by atomic mass is 16.2. The first-order valence-corrected chi connectivity index (χ1v) is 8.86. The lowest BCUT2D eigenvalue weighted by Crippen LogP contribution is -2.49. The Bertz CT molecular complexity index is 766. The molecule has 1 aliphatic heterocycles. The smallest absolute Gasteiger partial charge is 0.325 e. The van der Waals surface area contributed by atoms with Gasteiger partial charge in [0.2, 0.25) is 5.91 Å². The largest absolute Gasteiger partial charge is 0.325 e. The number of anilines is 1. The predicted octanol–water partition coefficient (Wildman–Crippen LogP) is 2.33. The van der Waals surface area contributed by atoms with Crippen LogP contribution in [0.4, 0.5) is 10.5 Å². The number of hydrogen-bond acceptors (Lipinski definition) is 4. The minimum atomic E-state index is -0.849. The summed E-state index contributed by atoms with van der Waals surface area (Å²) in [4.78, 5) is 49.7. The Balaban J connectivity index is 1.66. The molecule has 0 radical (unpaired) electrons. The molecule has 0 atom stereocenters. The molecule has 1 spiro atoms. The summed E-state index contributed by atoms with van der Waals surface area (Å²) >= 11 is 0. The summed E-state index contributed by atoms with van der Waals surface area (Å²) in [6.07, 6.45) is 2.98. The summed E-state index contributed by atoms with van der Waals surface area (Å²) in [6.45, 7) is 3.24. The van der Waals surface area contributed by atoms with E-state index in [4.69, 9.17) is 0 Å². The maximum absolute atomic E-state index is 12.7. The molecule has 0 unspecified atom stereocenters. The van der Waals surface area contributed by atoms with Gasteiger partial charge in [0.1, 0.15) is 12.1 Å². The van der Waals surface area contributed by atoms with Gasteiger partial charge >= 0.3 is 6.03 Å². The van der Waals surface area contributed by atoms with Gasteiger partial charge in [-0.15, -0.1) is 0 Å². The van der Waals surface area contributed by atoms with Crippen LogP contribution in [0.2, 0.25) is 0 Å². The molecule has 1 aromatic rings. The molecule has 1 aromatic carbocycles. The Morgan fingerprint density at radius 3 is 2.62 bits per heavy atom. The summed E-state index contributed by atoms with van der Waals surface area (Å²) in [7, 11) is 0. The Morgan fingerprint density at radius 1 is 1.27 bits per heavy atom. The Kier molecular flexibility index (Phi) is 4.80. The summed E-state index contributed by atoms with van der Waals surface area (Å²) in [5, 5.41) is 5.43. The van der Waals surface area contributed by atoms with E-state index >= 15 is 0 Å². The first-order chi connectivity index (χ1) is 12.3. The Hall–Kier alpha value is -2.70. The average Bonchev–Trinajstić information content (AvgIpc) is 2.82. The summed E-state index contributed by atoms with van der Waals surface area (Å²) in [5.41, 5.74) is 0.0855. The van der Waals surface area contributed by atoms with Gasteiger partial charge in [0.05, 0.1) is 0 Å². The Labute approximate surface area is 152 Å². The van der Waals surface area contributed by atoms with E-state index in [2.05, 4.69) is 17.6 Å². The highest BCUT2D eigenvalue weighted by Crippen LogP contribution is 2.36. The first-order valence-electron chi connectivity index (χ1n) is 8.86. The normalized spacial score (nSPS) is 25.3. The van der Waals surface area contributed by atoms with Gasteiger partial charge in [-0.25, -0.2) is 4.79 Å². The van der Waals surface area contributed by atoms with Gasteiger partial charge in [0.25, 0.3) is 5.91 Å². The molecule has 1 saturated heterocycles. The van der Waals surface area contributed by atoms with Crippen LogP contribution >= 0.6 is 0 Å². The van der Waals surface area contributed by atoms with Gasteiger partial charge in [0.15, 0.2) is 5.78 Å². The number of imide groups is 1. The fraction of sp³-hybridized carbons (Fsp3) is 0.474. The van der Waals surface area contributed by atoms with Crippen LogP contribution in [0.3, 0.4) is 0 Å². The minimum Gasteiger partial charge on any atom is -0.325 e. The van der Waals surface area contributed by atoms with Crippen LogP contribution in [-0.2, 0) is 9.59 Å². The maximum Gasteiger partial charge on any atom is 0.325 e. The number of carbonyl (C=O) groups excluding carboxylic acids is 4. The van der Waals surface area contributed by atoms with Gasteiger partial charge in [-0.2, -0.15) is 0 Å². The third-order valence-corrected chi connectivity index (χ3v) is 5.23. The third kappa shape index (κ3) is 3.47. The molecule has 1 heterocycles. The molecular weight excluding hydrogens is 334 g/mol. The molecule has 0 aromatic heterocycles. The second-order valence-corrected chi connectivity index (χ2v) is 7.27. The molecule has 2 fully saturated rings. The second kappa shape index (κ2) is 6.90. The topological polar surface area (TPSA) is 95.6 Å². The van der Waals surface area contributed by atoms with Crippen LogP contribution in [-0.4, -0.2) is 40.6 Å². The lowest BCUT2D eigenvalue weighted by Gasteiger charge is -2.33. The van der Waals surface area contributed by atoms with Crippen molar-refractivity contribution in [3.05, 3.63) is 29.8 Å². The number of Topliss-reactive ketones (excluding diaryl/α,β-unsaturated/α-hetero) is 1. The van der Waals surface area contributed by atoms with Crippen LogP contribution in [0.15, 0.2) is 24.3 Å². The van der Waals surface area contributed by atoms with E-state index in [0.29, 0.717) is 30.0 Å². The van der Waals surface area contributed by atoms with E-state index in [1.807, 2.05) is 0 Å². The number of carbonyl (C=O) groups is 4. The van der Waals surface area contributed by atoms with Crippen molar-refractivity contribution in [3.8, 4) is 0 Å². The second-order valence-electron chi connectivity index (χ2n) is 7.27. The number of ketones is 1. The predicted molar refractivity (Wildman–Crippen MR) is 95.7 cm³/mol. The van der Waals surface area contributed by atoms with E-state index in [1.54, 1.807) is 24.3 Å². The van der Waals surface area contributed by atoms with Crippen molar-refractivity contribution in [2.45, 2.75) is 45.1 Å². The van der Waals surface area contributed by atoms with Gasteiger partial charge in [-0.3, -0.25) is 19.3 Å². The number of nitrogens with one attached hydrogen (secondary N) is 2. The highest BCUT2D eigenvalue weighted by molar-refractivity contribution is 6.10. The van der Waals surface area contributed by atoms with Gasteiger partial charge < -0.3 is 10.6 Å². The minimum absolute atomic E-state index is 0.108. The highest BCUT2D eigenvalue weighted by Gasteiger charge is 2.52. The van der Waals surface area contributed by atoms with E-state index in [-0.39, 0.29) is 18.2 Å². The SMILES string of the molecule is CC(=O)c1cccc(NC(=O)CN2C(=O)NC3(CCC(C)CC3)C2=O)c1. The number of nitrogens with zero attached hydrogens (tertiary/aromatic N) is 1. The van der Waals surface area contributed by atoms with Crippen molar-refractivity contribution in [2.75, 3.05) is 11.9 Å². The molecule has 26 heavy (non-hydrogen) atoms. The van der Waals surface area contributed by atoms with Gasteiger partial charge in [-0.1, -0.05) is 19.1 Å². The van der Waals surface area contributed by atoms with Crippen molar-refractivity contribution in [3.63, 3.8) is 0 Å². The van der Waals surface area contributed by atoms with E-state index < -0.39 is 17.5 Å². The van der Waals surface area contributed by atoms with E-state index in [1.165, 1.54) is 6.92 Å². The molecule has 1 aliphatic carbocycles. The number of urea groups is 1. The van der Waals surface area contributed by atoms with Crippen molar-refractivity contribution in [2.24, 2.45) is 5.92 Å². The molecule has 7 heteroatoms. The monoisotopic (exact) mass is 357 g/mol. The molecule has 2 N–H and O–H groups in total. The first kappa shape index (κ1) is 18.1. The van der Waals surface area contributed by atoms with Crippen LogP contribution in [0.25, 0.3) is 0 Å². The Morgan fingerprint density at radius 2 is 1.96 bits per heavy atom. The summed E-state index contributed by atoms with van der Waals surface area (Å²) in [6, 6.07) is 6.02. The summed E-state index contributed by atoms with van der Waals surface area (Å²) in [5.74, 6) is -0.364. The molecular formula is C19H23N3O4. The molecule has 0 bridgehead atoms. The fourth-order valence-electron chi connectivity index (χ4n) is 3.57. The quantitative estimate of drug-likeness (QED) is 0.638. The van der Waals surface area contributed by atoms with Gasteiger partial charge in [0, 0.05) is 11.3 Å². The summed E-state index contributed by atoms with van der Waals surface area (Å²) < 4.78 is 0. The fourth-order valence-corrected chi connectivity index (χ4v) is 3.57. The molecule has 4 amide bonds.